The zero-order chi connectivity index (χ0) is 15.4. The monoisotopic (exact) mass is 309 g/mol. The summed E-state index contributed by atoms with van der Waals surface area (Å²) in [7, 11) is 0. The van der Waals surface area contributed by atoms with E-state index in [2.05, 4.69) is 5.32 Å². The number of carbonyl (C=O) groups excluding carboxylic acids is 1. The van der Waals surface area contributed by atoms with Gasteiger partial charge in [-0.2, -0.15) is 0 Å². The molecule has 21 heavy (non-hydrogen) atoms. The molecule has 0 spiro atoms. The summed E-state index contributed by atoms with van der Waals surface area (Å²) in [6.45, 7) is 1.84. The van der Waals surface area contributed by atoms with Gasteiger partial charge in [0.1, 0.15) is 0 Å². The van der Waals surface area contributed by atoms with E-state index < -0.39 is 11.9 Å². The van der Waals surface area contributed by atoms with Gasteiger partial charge in [-0.3, -0.25) is 9.59 Å². The number of hydrogen-bond acceptors (Lipinski definition) is 2. The van der Waals surface area contributed by atoms with E-state index in [0.29, 0.717) is 23.4 Å². The zero-order valence-electron chi connectivity index (χ0n) is 12.1. The molecule has 0 heterocycles. The summed E-state index contributed by atoms with van der Waals surface area (Å²) in [6.07, 6.45) is 4.20. The number of carboxylic acid groups (broad SMARTS) is 1. The lowest BCUT2D eigenvalue weighted by molar-refractivity contribution is -0.142. The first-order valence-electron chi connectivity index (χ1n) is 7.29. The van der Waals surface area contributed by atoms with Crippen molar-refractivity contribution in [3.05, 3.63) is 34.3 Å². The Morgan fingerprint density at radius 1 is 1.24 bits per heavy atom. The van der Waals surface area contributed by atoms with Crippen molar-refractivity contribution in [3.8, 4) is 0 Å². The van der Waals surface area contributed by atoms with Crippen LogP contribution in [0.15, 0.2) is 18.2 Å². The molecule has 1 aromatic rings. The van der Waals surface area contributed by atoms with Gasteiger partial charge in [-0.1, -0.05) is 36.9 Å². The SMILES string of the molecule is Cc1ccc(Cl)cc1C(=O)NC1CCCCCC1C(=O)O. The highest BCUT2D eigenvalue weighted by atomic mass is 35.5. The molecule has 0 aliphatic heterocycles. The normalized spacial score (nSPS) is 22.4. The number of benzene rings is 1. The van der Waals surface area contributed by atoms with Crippen molar-refractivity contribution >= 4 is 23.5 Å². The van der Waals surface area contributed by atoms with E-state index in [-0.39, 0.29) is 11.9 Å². The van der Waals surface area contributed by atoms with Gasteiger partial charge in [0, 0.05) is 16.6 Å². The lowest BCUT2D eigenvalue weighted by atomic mass is 9.94. The Balaban J connectivity index is 2.16. The zero-order valence-corrected chi connectivity index (χ0v) is 12.8. The van der Waals surface area contributed by atoms with E-state index in [1.54, 1.807) is 18.2 Å². The summed E-state index contributed by atoms with van der Waals surface area (Å²) in [6, 6.07) is 4.84. The van der Waals surface area contributed by atoms with Gasteiger partial charge >= 0.3 is 5.97 Å². The summed E-state index contributed by atoms with van der Waals surface area (Å²) in [5.41, 5.74) is 1.34. The van der Waals surface area contributed by atoms with Gasteiger partial charge in [-0.05, 0) is 37.5 Å². The fraction of sp³-hybridized carbons (Fsp3) is 0.500. The molecule has 2 atom stereocenters. The average Bonchev–Trinajstić information content (AvgIpc) is 2.67. The number of carbonyl (C=O) groups is 2. The summed E-state index contributed by atoms with van der Waals surface area (Å²) in [5, 5.41) is 12.7. The van der Waals surface area contributed by atoms with Gasteiger partial charge in [-0.15, -0.1) is 0 Å². The molecule has 0 aromatic heterocycles. The minimum atomic E-state index is -0.829. The third-order valence-corrected chi connectivity index (χ3v) is 4.33. The first kappa shape index (κ1) is 15.8. The topological polar surface area (TPSA) is 66.4 Å². The summed E-state index contributed by atoms with van der Waals surface area (Å²) in [4.78, 5) is 23.8. The highest BCUT2D eigenvalue weighted by Gasteiger charge is 2.31. The van der Waals surface area contributed by atoms with Gasteiger partial charge in [0.25, 0.3) is 5.91 Å². The number of rotatable bonds is 3. The Kier molecular flexibility index (Phi) is 5.23. The van der Waals surface area contributed by atoms with E-state index >= 15 is 0 Å². The Morgan fingerprint density at radius 2 is 1.95 bits per heavy atom. The molecular formula is C16H20ClNO3. The molecule has 1 aromatic carbocycles. The number of aliphatic carboxylic acids is 1. The standard InChI is InChI=1S/C16H20ClNO3/c1-10-7-8-11(17)9-13(10)15(19)18-14-6-4-2-3-5-12(14)16(20)21/h7-9,12,14H,2-6H2,1H3,(H,18,19)(H,20,21). The van der Waals surface area contributed by atoms with Gasteiger partial charge in [0.2, 0.25) is 0 Å². The number of carboxylic acids is 1. The van der Waals surface area contributed by atoms with Gasteiger partial charge in [0.05, 0.1) is 5.92 Å². The summed E-state index contributed by atoms with van der Waals surface area (Å²) in [5.74, 6) is -1.57. The predicted molar refractivity (Wildman–Crippen MR) is 81.7 cm³/mol. The Labute approximate surface area is 129 Å². The van der Waals surface area contributed by atoms with Crippen LogP contribution in [0.5, 0.6) is 0 Å². The van der Waals surface area contributed by atoms with Crippen LogP contribution in [-0.4, -0.2) is 23.0 Å². The number of halogens is 1. The van der Waals surface area contributed by atoms with Crippen LogP contribution in [0.3, 0.4) is 0 Å². The van der Waals surface area contributed by atoms with Crippen molar-refractivity contribution in [1.82, 2.24) is 5.32 Å². The smallest absolute Gasteiger partial charge is 0.308 e. The summed E-state index contributed by atoms with van der Waals surface area (Å²) >= 11 is 5.93. The second kappa shape index (κ2) is 6.94. The molecule has 2 unspecified atom stereocenters. The van der Waals surface area contributed by atoms with E-state index in [9.17, 15) is 14.7 Å². The van der Waals surface area contributed by atoms with Gasteiger partial charge in [-0.25, -0.2) is 0 Å². The third-order valence-electron chi connectivity index (χ3n) is 4.09. The maximum Gasteiger partial charge on any atom is 0.308 e. The van der Waals surface area contributed by atoms with Crippen molar-refractivity contribution in [2.24, 2.45) is 5.92 Å². The molecule has 5 heteroatoms. The molecule has 0 saturated heterocycles. The quantitative estimate of drug-likeness (QED) is 0.841. The molecule has 1 aliphatic carbocycles. The molecule has 114 valence electrons. The molecule has 1 aliphatic rings. The van der Waals surface area contributed by atoms with Crippen LogP contribution in [0.1, 0.15) is 48.0 Å². The van der Waals surface area contributed by atoms with Crippen LogP contribution in [0.4, 0.5) is 0 Å². The van der Waals surface area contributed by atoms with Crippen LogP contribution in [-0.2, 0) is 4.79 Å². The first-order valence-corrected chi connectivity index (χ1v) is 7.66. The second-order valence-electron chi connectivity index (χ2n) is 5.62. The number of aryl methyl sites for hydroxylation is 1. The molecule has 1 fully saturated rings. The maximum atomic E-state index is 12.4. The minimum absolute atomic E-state index is 0.242. The molecule has 0 radical (unpaired) electrons. The molecule has 4 nitrogen and oxygen atoms in total. The van der Waals surface area contributed by atoms with Crippen molar-refractivity contribution in [3.63, 3.8) is 0 Å². The fourth-order valence-electron chi connectivity index (χ4n) is 2.86. The van der Waals surface area contributed by atoms with Crippen molar-refractivity contribution in [1.29, 1.82) is 0 Å². The lowest BCUT2D eigenvalue weighted by Crippen LogP contribution is -2.43. The molecule has 1 saturated carbocycles. The van der Waals surface area contributed by atoms with Crippen LogP contribution >= 0.6 is 11.6 Å². The molecular weight excluding hydrogens is 290 g/mol. The lowest BCUT2D eigenvalue weighted by Gasteiger charge is -2.23. The van der Waals surface area contributed by atoms with Crippen LogP contribution in [0.25, 0.3) is 0 Å². The Hall–Kier alpha value is -1.55. The number of amides is 1. The van der Waals surface area contributed by atoms with Crippen molar-refractivity contribution in [2.45, 2.75) is 45.1 Å². The Bertz CT molecular complexity index is 544. The van der Waals surface area contributed by atoms with E-state index in [1.165, 1.54) is 0 Å². The summed E-state index contributed by atoms with van der Waals surface area (Å²) < 4.78 is 0. The molecule has 2 N–H and O–H groups in total. The maximum absolute atomic E-state index is 12.4. The number of nitrogens with one attached hydrogen (secondary N) is 1. The number of hydrogen-bond donors (Lipinski definition) is 2. The molecule has 1 amide bonds. The predicted octanol–water partition coefficient (Wildman–Crippen LogP) is 3.41. The van der Waals surface area contributed by atoms with E-state index in [1.807, 2.05) is 6.92 Å². The van der Waals surface area contributed by atoms with Gasteiger partial charge < -0.3 is 10.4 Å². The Morgan fingerprint density at radius 3 is 2.67 bits per heavy atom. The van der Waals surface area contributed by atoms with E-state index in [0.717, 1.165) is 24.8 Å². The molecule has 2 rings (SSSR count). The molecule has 0 bridgehead atoms. The minimum Gasteiger partial charge on any atom is -0.481 e. The fourth-order valence-corrected chi connectivity index (χ4v) is 3.03. The van der Waals surface area contributed by atoms with Crippen molar-refractivity contribution in [2.75, 3.05) is 0 Å². The largest absolute Gasteiger partial charge is 0.481 e. The highest BCUT2D eigenvalue weighted by molar-refractivity contribution is 6.31. The third kappa shape index (κ3) is 3.97. The van der Waals surface area contributed by atoms with Crippen LogP contribution in [0, 0.1) is 12.8 Å². The van der Waals surface area contributed by atoms with Crippen LogP contribution in [0.2, 0.25) is 5.02 Å². The average molecular weight is 310 g/mol. The van der Waals surface area contributed by atoms with Crippen LogP contribution < -0.4 is 5.32 Å². The van der Waals surface area contributed by atoms with E-state index in [4.69, 9.17) is 11.6 Å². The highest BCUT2D eigenvalue weighted by Crippen LogP contribution is 2.24. The van der Waals surface area contributed by atoms with Gasteiger partial charge in [0.15, 0.2) is 0 Å². The first-order chi connectivity index (χ1) is 9.99. The second-order valence-corrected chi connectivity index (χ2v) is 6.06. The van der Waals surface area contributed by atoms with Crippen molar-refractivity contribution < 1.29 is 14.7 Å².